The van der Waals surface area contributed by atoms with E-state index in [-0.39, 0.29) is 23.7 Å². The lowest BCUT2D eigenvalue weighted by molar-refractivity contribution is 0.430. The maximum atomic E-state index is 13.3. The van der Waals surface area contributed by atoms with Crippen molar-refractivity contribution in [2.75, 3.05) is 0 Å². The molecule has 0 fully saturated rings. The number of halogens is 2. The van der Waals surface area contributed by atoms with Crippen molar-refractivity contribution in [1.82, 2.24) is 5.32 Å². The van der Waals surface area contributed by atoms with Crippen molar-refractivity contribution in [3.8, 4) is 5.75 Å². The van der Waals surface area contributed by atoms with Gasteiger partial charge in [-0.15, -0.1) is 0 Å². The normalized spacial score (nSPS) is 13.9. The molecule has 0 bridgehead atoms. The van der Waals surface area contributed by atoms with Gasteiger partial charge in [-0.1, -0.05) is 23.7 Å². The maximum absolute atomic E-state index is 13.3. The molecule has 21 heavy (non-hydrogen) atoms. The summed E-state index contributed by atoms with van der Waals surface area (Å²) in [5.41, 5.74) is 1.70. The van der Waals surface area contributed by atoms with Gasteiger partial charge in [-0.05, 0) is 56.2 Å². The fourth-order valence-corrected chi connectivity index (χ4v) is 2.68. The van der Waals surface area contributed by atoms with Crippen LogP contribution in [-0.4, -0.2) is 11.1 Å². The Morgan fingerprint density at radius 2 is 1.95 bits per heavy atom. The lowest BCUT2D eigenvalue weighted by Gasteiger charge is -2.21. The van der Waals surface area contributed by atoms with E-state index >= 15 is 0 Å². The molecule has 2 unspecified atom stereocenters. The first-order valence-electron chi connectivity index (χ1n) is 6.94. The predicted molar refractivity (Wildman–Crippen MR) is 84.2 cm³/mol. The summed E-state index contributed by atoms with van der Waals surface area (Å²) >= 11 is 5.97. The minimum atomic E-state index is -0.348. The van der Waals surface area contributed by atoms with Crippen LogP contribution in [0.15, 0.2) is 42.5 Å². The molecule has 2 N–H and O–H groups in total. The van der Waals surface area contributed by atoms with E-state index in [1.54, 1.807) is 0 Å². The number of phenolic OH excluding ortho intramolecular Hbond substituents is 1. The highest BCUT2D eigenvalue weighted by molar-refractivity contribution is 6.30. The molecule has 0 aliphatic rings. The van der Waals surface area contributed by atoms with E-state index in [0.717, 1.165) is 17.0 Å². The number of hydrogen-bond acceptors (Lipinski definition) is 2. The van der Waals surface area contributed by atoms with Gasteiger partial charge in [0.15, 0.2) is 0 Å². The van der Waals surface area contributed by atoms with Gasteiger partial charge in [-0.2, -0.15) is 0 Å². The monoisotopic (exact) mass is 307 g/mol. The van der Waals surface area contributed by atoms with Crippen molar-refractivity contribution in [2.45, 2.75) is 32.4 Å². The van der Waals surface area contributed by atoms with Gasteiger partial charge in [-0.25, -0.2) is 4.39 Å². The van der Waals surface area contributed by atoms with Crippen LogP contribution in [0.2, 0.25) is 5.02 Å². The summed E-state index contributed by atoms with van der Waals surface area (Å²) in [7, 11) is 0. The molecule has 4 heteroatoms. The fraction of sp³-hybridized carbons (Fsp3) is 0.294. The number of rotatable bonds is 5. The second-order valence-corrected chi connectivity index (χ2v) is 5.76. The summed E-state index contributed by atoms with van der Waals surface area (Å²) in [5, 5.41) is 13.9. The molecule has 0 radical (unpaired) electrons. The van der Waals surface area contributed by atoms with Crippen LogP contribution >= 0.6 is 11.6 Å². The molecule has 0 saturated heterocycles. The molecule has 2 atom stereocenters. The minimum Gasteiger partial charge on any atom is -0.508 e. The quantitative estimate of drug-likeness (QED) is 0.854. The Bertz CT molecular complexity index is 617. The van der Waals surface area contributed by atoms with Crippen LogP contribution in [0.4, 0.5) is 4.39 Å². The van der Waals surface area contributed by atoms with Crippen molar-refractivity contribution < 1.29 is 9.50 Å². The van der Waals surface area contributed by atoms with E-state index in [4.69, 9.17) is 11.6 Å². The highest BCUT2D eigenvalue weighted by Gasteiger charge is 2.14. The van der Waals surface area contributed by atoms with E-state index < -0.39 is 0 Å². The summed E-state index contributed by atoms with van der Waals surface area (Å²) in [4.78, 5) is 0. The van der Waals surface area contributed by atoms with Crippen molar-refractivity contribution in [3.63, 3.8) is 0 Å². The summed E-state index contributed by atoms with van der Waals surface area (Å²) in [6, 6.07) is 11.7. The van der Waals surface area contributed by atoms with E-state index in [1.165, 1.54) is 18.2 Å². The van der Waals surface area contributed by atoms with Crippen molar-refractivity contribution in [3.05, 3.63) is 64.4 Å². The molecular formula is C17H19ClFNO. The lowest BCUT2D eigenvalue weighted by Crippen LogP contribution is -2.30. The Morgan fingerprint density at radius 1 is 1.19 bits per heavy atom. The number of benzene rings is 2. The van der Waals surface area contributed by atoms with Crippen LogP contribution < -0.4 is 5.32 Å². The molecule has 2 aromatic rings. The molecule has 0 heterocycles. The largest absolute Gasteiger partial charge is 0.508 e. The Kier molecular flexibility index (Phi) is 5.21. The Labute approximate surface area is 129 Å². The molecule has 0 aliphatic heterocycles. The Hall–Kier alpha value is -1.58. The SMILES string of the molecule is CC(Cc1cccc(Cl)c1)NC(C)c1cc(F)ccc1O. The average Bonchev–Trinajstić information content (AvgIpc) is 2.41. The van der Waals surface area contributed by atoms with E-state index in [0.29, 0.717) is 5.56 Å². The van der Waals surface area contributed by atoms with Gasteiger partial charge < -0.3 is 10.4 Å². The molecule has 0 amide bonds. The third-order valence-electron chi connectivity index (χ3n) is 3.42. The van der Waals surface area contributed by atoms with Gasteiger partial charge in [0, 0.05) is 22.7 Å². The van der Waals surface area contributed by atoms with Crippen molar-refractivity contribution in [1.29, 1.82) is 0 Å². The molecule has 2 aromatic carbocycles. The summed E-state index contributed by atoms with van der Waals surface area (Å²) in [6.07, 6.45) is 0.807. The number of nitrogens with one attached hydrogen (secondary N) is 1. The number of aromatic hydroxyl groups is 1. The molecule has 0 saturated carbocycles. The second-order valence-electron chi connectivity index (χ2n) is 5.33. The molecule has 2 rings (SSSR count). The van der Waals surface area contributed by atoms with Gasteiger partial charge in [0.1, 0.15) is 11.6 Å². The van der Waals surface area contributed by atoms with E-state index in [1.807, 2.05) is 38.1 Å². The van der Waals surface area contributed by atoms with Gasteiger partial charge in [0.2, 0.25) is 0 Å². The van der Waals surface area contributed by atoms with Crippen LogP contribution in [-0.2, 0) is 6.42 Å². The third kappa shape index (κ3) is 4.45. The Balaban J connectivity index is 2.01. The van der Waals surface area contributed by atoms with Crippen LogP contribution in [0.5, 0.6) is 5.75 Å². The summed E-state index contributed by atoms with van der Waals surface area (Å²) < 4.78 is 13.3. The molecule has 112 valence electrons. The zero-order valence-corrected chi connectivity index (χ0v) is 12.9. The third-order valence-corrected chi connectivity index (χ3v) is 3.66. The molecule has 2 nitrogen and oxygen atoms in total. The average molecular weight is 308 g/mol. The zero-order chi connectivity index (χ0) is 15.4. The summed E-state index contributed by atoms with van der Waals surface area (Å²) in [6.45, 7) is 3.96. The van der Waals surface area contributed by atoms with Gasteiger partial charge in [0.05, 0.1) is 0 Å². The van der Waals surface area contributed by atoms with Crippen LogP contribution in [0, 0.1) is 5.82 Å². The number of hydrogen-bond donors (Lipinski definition) is 2. The van der Waals surface area contributed by atoms with Crippen LogP contribution in [0.3, 0.4) is 0 Å². The van der Waals surface area contributed by atoms with E-state index in [9.17, 15) is 9.50 Å². The minimum absolute atomic E-state index is 0.103. The fourth-order valence-electron chi connectivity index (χ4n) is 2.47. The first kappa shape index (κ1) is 15.8. The smallest absolute Gasteiger partial charge is 0.123 e. The van der Waals surface area contributed by atoms with E-state index in [2.05, 4.69) is 5.32 Å². The van der Waals surface area contributed by atoms with Crippen molar-refractivity contribution >= 4 is 11.6 Å². The van der Waals surface area contributed by atoms with Crippen molar-refractivity contribution in [2.24, 2.45) is 0 Å². The number of phenols is 1. The molecule has 0 aliphatic carbocycles. The maximum Gasteiger partial charge on any atom is 0.123 e. The lowest BCUT2D eigenvalue weighted by atomic mass is 10.0. The van der Waals surface area contributed by atoms with Gasteiger partial charge >= 0.3 is 0 Å². The first-order chi connectivity index (χ1) is 9.95. The predicted octanol–water partition coefficient (Wildman–Crippen LogP) is 4.47. The molecule has 0 aromatic heterocycles. The topological polar surface area (TPSA) is 32.3 Å². The standard InChI is InChI=1S/C17H19ClFNO/c1-11(8-13-4-3-5-14(18)9-13)20-12(2)16-10-15(19)6-7-17(16)21/h3-7,9-12,20-21H,8H2,1-2H3. The Morgan fingerprint density at radius 3 is 2.67 bits per heavy atom. The van der Waals surface area contributed by atoms with Gasteiger partial charge in [0.25, 0.3) is 0 Å². The first-order valence-corrected chi connectivity index (χ1v) is 7.32. The highest BCUT2D eigenvalue weighted by Crippen LogP contribution is 2.25. The van der Waals surface area contributed by atoms with Crippen LogP contribution in [0.25, 0.3) is 0 Å². The molecular weight excluding hydrogens is 289 g/mol. The summed E-state index contributed by atoms with van der Waals surface area (Å²) in [5.74, 6) is -0.245. The van der Waals surface area contributed by atoms with Gasteiger partial charge in [-0.3, -0.25) is 0 Å². The zero-order valence-electron chi connectivity index (χ0n) is 12.1. The second kappa shape index (κ2) is 6.92. The highest BCUT2D eigenvalue weighted by atomic mass is 35.5. The molecule has 0 spiro atoms. The van der Waals surface area contributed by atoms with Crippen LogP contribution in [0.1, 0.15) is 31.0 Å².